The molecule has 0 atom stereocenters. The Kier molecular flexibility index (Phi) is 6.71. The maximum Gasteiger partial charge on any atom is 0.343 e. The number of hydrogen-bond donors (Lipinski definition) is 1. The van der Waals surface area contributed by atoms with E-state index in [1.165, 1.54) is 38.5 Å². The summed E-state index contributed by atoms with van der Waals surface area (Å²) in [7, 11) is 2.71. The van der Waals surface area contributed by atoms with Crippen LogP contribution in [0.15, 0.2) is 48.7 Å². The van der Waals surface area contributed by atoms with Gasteiger partial charge in [0.2, 0.25) is 5.91 Å². The molecular formula is C28H25F2N3O5. The van der Waals surface area contributed by atoms with Gasteiger partial charge in [-0.1, -0.05) is 6.07 Å². The number of nitrogens with zero attached hydrogens (tertiary/aromatic N) is 3. The van der Waals surface area contributed by atoms with Gasteiger partial charge in [-0.15, -0.1) is 0 Å². The zero-order chi connectivity index (χ0) is 27.0. The average Bonchev–Trinajstić information content (AvgIpc) is 3.22. The average molecular weight is 522 g/mol. The highest BCUT2D eigenvalue weighted by Crippen LogP contribution is 2.33. The molecule has 38 heavy (non-hydrogen) atoms. The smallest absolute Gasteiger partial charge is 0.343 e. The molecule has 1 aliphatic rings. The molecule has 196 valence electrons. The number of fused-ring (bicyclic) bond motifs is 3. The second kappa shape index (κ2) is 10.1. The summed E-state index contributed by atoms with van der Waals surface area (Å²) >= 11 is 0. The molecule has 0 fully saturated rings. The van der Waals surface area contributed by atoms with E-state index in [4.69, 9.17) is 9.47 Å². The van der Waals surface area contributed by atoms with Gasteiger partial charge in [0.05, 0.1) is 33.7 Å². The molecule has 0 bridgehead atoms. The number of hydrogen-bond acceptors (Lipinski definition) is 5. The molecule has 1 amide bonds. The number of methoxy groups -OCH3 is 2. The number of aromatic nitrogens is 2. The molecule has 5 rings (SSSR count). The van der Waals surface area contributed by atoms with Crippen molar-refractivity contribution in [2.45, 2.75) is 25.9 Å². The molecule has 2 aromatic heterocycles. The number of ether oxygens (including phenoxy) is 2. The van der Waals surface area contributed by atoms with Crippen molar-refractivity contribution in [3.63, 3.8) is 0 Å². The first-order valence-electron chi connectivity index (χ1n) is 12.0. The lowest BCUT2D eigenvalue weighted by atomic mass is 10.0. The Bertz CT molecular complexity index is 1540. The number of pyridine rings is 1. The van der Waals surface area contributed by atoms with Crippen LogP contribution in [0.2, 0.25) is 0 Å². The van der Waals surface area contributed by atoms with Crippen LogP contribution in [0.4, 0.5) is 8.78 Å². The molecule has 0 saturated carbocycles. The van der Waals surface area contributed by atoms with Crippen LogP contribution in [0.25, 0.3) is 11.0 Å². The van der Waals surface area contributed by atoms with Crippen molar-refractivity contribution in [1.82, 2.24) is 14.5 Å². The molecule has 2 aromatic carbocycles. The van der Waals surface area contributed by atoms with Gasteiger partial charge in [0.15, 0.2) is 0 Å². The van der Waals surface area contributed by atoms with E-state index in [0.29, 0.717) is 29.7 Å². The Hall–Kier alpha value is -4.47. The molecule has 0 aliphatic carbocycles. The van der Waals surface area contributed by atoms with Crippen molar-refractivity contribution >= 4 is 22.9 Å². The zero-order valence-corrected chi connectivity index (χ0v) is 20.8. The van der Waals surface area contributed by atoms with Crippen LogP contribution < -0.4 is 9.47 Å². The van der Waals surface area contributed by atoms with Gasteiger partial charge in [-0.3, -0.25) is 4.79 Å². The summed E-state index contributed by atoms with van der Waals surface area (Å²) in [5, 5.41) is 10.5. The zero-order valence-electron chi connectivity index (χ0n) is 20.8. The minimum Gasteiger partial charge on any atom is -0.496 e. The number of benzene rings is 2. The maximum absolute atomic E-state index is 14.5. The first-order valence-corrected chi connectivity index (χ1v) is 12.0. The normalized spacial score (nSPS) is 12.9. The van der Waals surface area contributed by atoms with Crippen LogP contribution in [0, 0.1) is 11.6 Å². The van der Waals surface area contributed by atoms with Crippen LogP contribution in [0.3, 0.4) is 0 Å². The maximum atomic E-state index is 14.5. The molecule has 8 nitrogen and oxygen atoms in total. The van der Waals surface area contributed by atoms with Gasteiger partial charge in [0.1, 0.15) is 34.3 Å². The van der Waals surface area contributed by atoms with Crippen molar-refractivity contribution in [3.05, 3.63) is 88.2 Å². The fourth-order valence-corrected chi connectivity index (χ4v) is 5.03. The van der Waals surface area contributed by atoms with E-state index in [9.17, 15) is 23.5 Å². The number of carbonyl (C=O) groups is 2. The molecule has 0 unspecified atom stereocenters. The molecule has 10 heteroatoms. The van der Waals surface area contributed by atoms with E-state index in [2.05, 4.69) is 4.98 Å². The van der Waals surface area contributed by atoms with Crippen LogP contribution in [-0.2, 0) is 30.7 Å². The second-order valence-corrected chi connectivity index (χ2v) is 9.04. The van der Waals surface area contributed by atoms with E-state index in [1.807, 2.05) is 16.7 Å². The number of aromatic carboxylic acids is 1. The number of rotatable bonds is 7. The minimum absolute atomic E-state index is 0.00697. The Labute approximate surface area is 217 Å². The largest absolute Gasteiger partial charge is 0.496 e. The van der Waals surface area contributed by atoms with Gasteiger partial charge in [-0.05, 0) is 47.9 Å². The van der Waals surface area contributed by atoms with Crippen molar-refractivity contribution in [1.29, 1.82) is 0 Å². The molecule has 4 aromatic rings. The molecule has 1 aliphatic heterocycles. The van der Waals surface area contributed by atoms with E-state index < -0.39 is 17.6 Å². The van der Waals surface area contributed by atoms with E-state index in [1.54, 1.807) is 11.1 Å². The fraction of sp³-hybridized carbons (Fsp3) is 0.250. The highest BCUT2D eigenvalue weighted by Gasteiger charge is 2.28. The Morgan fingerprint density at radius 2 is 1.82 bits per heavy atom. The van der Waals surface area contributed by atoms with Crippen LogP contribution >= 0.6 is 0 Å². The standard InChI is InChI=1S/C28H25F2N3O5/c1-37-23-10-16(11-24(38-2)26(23)28(35)36)12-25(34)32-9-7-19-20-4-3-8-31-27(20)33(22(19)15-32)14-17-5-6-18(29)13-21(17)30/h3-6,8,10-11,13H,7,9,12,14-15H2,1-2H3,(H,35,36). The minimum atomic E-state index is -1.20. The number of carboxylic acid groups (broad SMARTS) is 1. The Balaban J connectivity index is 1.46. The van der Waals surface area contributed by atoms with E-state index in [0.717, 1.165) is 22.7 Å². The molecule has 1 N–H and O–H groups in total. The number of amides is 1. The van der Waals surface area contributed by atoms with Crippen LogP contribution in [0.1, 0.15) is 32.7 Å². The molecule has 0 saturated heterocycles. The third-order valence-electron chi connectivity index (χ3n) is 6.85. The summed E-state index contributed by atoms with van der Waals surface area (Å²) in [5.74, 6) is -2.45. The third kappa shape index (κ3) is 4.53. The van der Waals surface area contributed by atoms with Crippen LogP contribution in [-0.4, -0.2) is 52.2 Å². The lowest BCUT2D eigenvalue weighted by Crippen LogP contribution is -2.37. The van der Waals surface area contributed by atoms with Gasteiger partial charge in [0, 0.05) is 35.5 Å². The van der Waals surface area contributed by atoms with Gasteiger partial charge in [-0.25, -0.2) is 18.6 Å². The van der Waals surface area contributed by atoms with Gasteiger partial charge in [0.25, 0.3) is 0 Å². The third-order valence-corrected chi connectivity index (χ3v) is 6.85. The van der Waals surface area contributed by atoms with Crippen molar-refractivity contribution in [3.8, 4) is 11.5 Å². The van der Waals surface area contributed by atoms with Crippen molar-refractivity contribution < 1.29 is 33.0 Å². The second-order valence-electron chi connectivity index (χ2n) is 9.04. The summed E-state index contributed by atoms with van der Waals surface area (Å²) in [6.07, 6.45) is 2.26. The molecule has 0 spiro atoms. The monoisotopic (exact) mass is 521 g/mol. The Morgan fingerprint density at radius 3 is 2.47 bits per heavy atom. The molecule has 0 radical (unpaired) electrons. The summed E-state index contributed by atoms with van der Waals surface area (Å²) in [4.78, 5) is 31.2. The predicted molar refractivity (Wildman–Crippen MR) is 135 cm³/mol. The lowest BCUT2D eigenvalue weighted by molar-refractivity contribution is -0.131. The highest BCUT2D eigenvalue weighted by molar-refractivity contribution is 5.94. The summed E-state index contributed by atoms with van der Waals surface area (Å²) in [6.45, 7) is 0.906. The fourth-order valence-electron chi connectivity index (χ4n) is 5.03. The Morgan fingerprint density at radius 1 is 1.08 bits per heavy atom. The first kappa shape index (κ1) is 25.2. The molecule has 3 heterocycles. The molecular weight excluding hydrogens is 496 g/mol. The highest BCUT2D eigenvalue weighted by atomic mass is 19.1. The summed E-state index contributed by atoms with van der Waals surface area (Å²) in [6, 6.07) is 10.3. The van der Waals surface area contributed by atoms with E-state index in [-0.39, 0.29) is 42.5 Å². The predicted octanol–water partition coefficient (Wildman–Crippen LogP) is 4.21. The lowest BCUT2D eigenvalue weighted by Gasteiger charge is -2.29. The van der Waals surface area contributed by atoms with Gasteiger partial charge >= 0.3 is 5.97 Å². The first-order chi connectivity index (χ1) is 18.3. The summed E-state index contributed by atoms with van der Waals surface area (Å²) in [5.41, 5.74) is 3.33. The number of halogens is 2. The SMILES string of the molecule is COc1cc(CC(=O)N2CCc3c(n(Cc4ccc(F)cc4F)c4ncccc34)C2)cc(OC)c1C(=O)O. The topological polar surface area (TPSA) is 93.9 Å². The summed E-state index contributed by atoms with van der Waals surface area (Å²) < 4.78 is 40.4. The van der Waals surface area contributed by atoms with Crippen molar-refractivity contribution in [2.24, 2.45) is 0 Å². The van der Waals surface area contributed by atoms with Crippen LogP contribution in [0.5, 0.6) is 11.5 Å². The van der Waals surface area contributed by atoms with Crippen molar-refractivity contribution in [2.75, 3.05) is 20.8 Å². The van der Waals surface area contributed by atoms with E-state index >= 15 is 0 Å². The number of carboxylic acids is 1. The quantitative estimate of drug-likeness (QED) is 0.392. The van der Waals surface area contributed by atoms with Gasteiger partial charge < -0.3 is 24.0 Å². The van der Waals surface area contributed by atoms with Gasteiger partial charge in [-0.2, -0.15) is 0 Å². The number of carbonyl (C=O) groups excluding carboxylic acids is 1.